The number of methoxy groups -OCH3 is 3. The zero-order chi connectivity index (χ0) is 19.5. The first kappa shape index (κ1) is 20.6. The number of ether oxygens (including phenoxy) is 3. The van der Waals surface area contributed by atoms with Crippen molar-refractivity contribution in [3.05, 3.63) is 45.9 Å². The normalized spacial score (nSPS) is 11.5. The second-order valence-electron chi connectivity index (χ2n) is 5.36. The first-order valence-electron chi connectivity index (χ1n) is 7.44. The highest BCUT2D eigenvalue weighted by Crippen LogP contribution is 2.40. The Balaban J connectivity index is 2.41. The molecule has 0 aliphatic heterocycles. The molecule has 2 rings (SSSR count). The smallest absolute Gasteiger partial charge is 0.243 e. The Morgan fingerprint density at radius 1 is 0.923 bits per heavy atom. The predicted octanol–water partition coefficient (Wildman–Crippen LogP) is 3.84. The predicted molar refractivity (Wildman–Crippen MR) is 101 cm³/mol. The number of hydrogen-bond donors (Lipinski definition) is 0. The van der Waals surface area contributed by atoms with E-state index in [1.165, 1.54) is 50.9 Å². The summed E-state index contributed by atoms with van der Waals surface area (Å²) in [6, 6.07) is 7.58. The van der Waals surface area contributed by atoms with Gasteiger partial charge in [-0.05, 0) is 24.3 Å². The first-order chi connectivity index (χ1) is 12.2. The number of nitrogens with zero attached hydrogens (tertiary/aromatic N) is 1. The molecule has 0 heterocycles. The number of benzene rings is 2. The van der Waals surface area contributed by atoms with Crippen molar-refractivity contribution in [1.29, 1.82) is 0 Å². The van der Waals surface area contributed by atoms with Gasteiger partial charge in [0.2, 0.25) is 15.8 Å². The monoisotopic (exact) mass is 419 g/mol. The largest absolute Gasteiger partial charge is 0.493 e. The molecule has 0 N–H and O–H groups in total. The Morgan fingerprint density at radius 3 is 2.00 bits per heavy atom. The second kappa shape index (κ2) is 8.35. The van der Waals surface area contributed by atoms with Gasteiger partial charge in [-0.1, -0.05) is 29.3 Å². The van der Waals surface area contributed by atoms with Gasteiger partial charge in [-0.2, -0.15) is 4.31 Å². The molecule has 0 fully saturated rings. The Kier molecular flexibility index (Phi) is 6.63. The average molecular weight is 420 g/mol. The molecule has 26 heavy (non-hydrogen) atoms. The second-order valence-corrected chi connectivity index (χ2v) is 8.28. The summed E-state index contributed by atoms with van der Waals surface area (Å²) in [4.78, 5) is 0.0111. The number of halogens is 2. The van der Waals surface area contributed by atoms with E-state index in [0.717, 1.165) is 0 Å². The summed E-state index contributed by atoms with van der Waals surface area (Å²) < 4.78 is 42.8. The van der Waals surface area contributed by atoms with E-state index in [9.17, 15) is 8.42 Å². The van der Waals surface area contributed by atoms with Gasteiger partial charge in [0, 0.05) is 29.2 Å². The summed E-state index contributed by atoms with van der Waals surface area (Å²) in [5, 5.41) is 0.487. The van der Waals surface area contributed by atoms with Crippen LogP contribution in [0.1, 0.15) is 5.56 Å². The maximum atomic E-state index is 12.8. The standard InChI is InChI=1S/C17H19Cl2NO5S/c1-20(26(21,22)14-8-12(18)7-13(19)9-14)10-11-5-6-15(23-2)17(25-4)16(11)24-3/h5-9H,10H2,1-4H3. The van der Waals surface area contributed by atoms with E-state index < -0.39 is 10.0 Å². The van der Waals surface area contributed by atoms with E-state index >= 15 is 0 Å². The van der Waals surface area contributed by atoms with E-state index in [-0.39, 0.29) is 21.5 Å². The van der Waals surface area contributed by atoms with Crippen molar-refractivity contribution in [3.63, 3.8) is 0 Å². The van der Waals surface area contributed by atoms with E-state index in [1.54, 1.807) is 12.1 Å². The molecule has 0 unspecified atom stereocenters. The summed E-state index contributed by atoms with van der Waals surface area (Å²) in [7, 11) is 2.13. The highest BCUT2D eigenvalue weighted by molar-refractivity contribution is 7.89. The maximum absolute atomic E-state index is 12.8. The van der Waals surface area contributed by atoms with Gasteiger partial charge in [0.15, 0.2) is 11.5 Å². The van der Waals surface area contributed by atoms with Crippen molar-refractivity contribution in [1.82, 2.24) is 4.31 Å². The average Bonchev–Trinajstić information content (AvgIpc) is 2.60. The Labute approximate surface area is 163 Å². The van der Waals surface area contributed by atoms with Gasteiger partial charge in [0.25, 0.3) is 0 Å². The van der Waals surface area contributed by atoms with Gasteiger partial charge in [-0.25, -0.2) is 8.42 Å². The first-order valence-corrected chi connectivity index (χ1v) is 9.64. The van der Waals surface area contributed by atoms with Crippen molar-refractivity contribution in [2.45, 2.75) is 11.4 Å². The lowest BCUT2D eigenvalue weighted by atomic mass is 10.1. The number of rotatable bonds is 7. The van der Waals surface area contributed by atoms with E-state index in [2.05, 4.69) is 0 Å². The maximum Gasteiger partial charge on any atom is 0.243 e. The van der Waals surface area contributed by atoms with Gasteiger partial charge in [0.05, 0.1) is 26.2 Å². The molecule has 0 saturated carbocycles. The van der Waals surface area contributed by atoms with E-state index in [4.69, 9.17) is 37.4 Å². The fourth-order valence-electron chi connectivity index (χ4n) is 2.47. The van der Waals surface area contributed by atoms with Gasteiger partial charge in [-0.15, -0.1) is 0 Å². The topological polar surface area (TPSA) is 65.1 Å². The van der Waals surface area contributed by atoms with Gasteiger partial charge < -0.3 is 14.2 Å². The summed E-state index contributed by atoms with van der Waals surface area (Å²) >= 11 is 11.8. The zero-order valence-electron chi connectivity index (χ0n) is 14.7. The molecule has 0 atom stereocenters. The van der Waals surface area contributed by atoms with Crippen molar-refractivity contribution in [3.8, 4) is 17.2 Å². The molecular weight excluding hydrogens is 401 g/mol. The van der Waals surface area contributed by atoms with Crippen LogP contribution in [0.4, 0.5) is 0 Å². The van der Waals surface area contributed by atoms with Crippen LogP contribution in [0.5, 0.6) is 17.2 Å². The molecule has 0 aliphatic rings. The molecule has 2 aromatic carbocycles. The Bertz CT molecular complexity index is 882. The minimum absolute atomic E-state index is 0.0111. The zero-order valence-corrected chi connectivity index (χ0v) is 17.1. The molecule has 2 aromatic rings. The van der Waals surface area contributed by atoms with E-state index in [1.807, 2.05) is 0 Å². The Morgan fingerprint density at radius 2 is 1.50 bits per heavy atom. The lowest BCUT2D eigenvalue weighted by Gasteiger charge is -2.21. The summed E-state index contributed by atoms with van der Waals surface area (Å²) in [6.07, 6.45) is 0. The van der Waals surface area contributed by atoms with Crippen LogP contribution in [-0.4, -0.2) is 41.1 Å². The number of hydrogen-bond acceptors (Lipinski definition) is 5. The van der Waals surface area contributed by atoms with Gasteiger partial charge >= 0.3 is 0 Å². The fraction of sp³-hybridized carbons (Fsp3) is 0.294. The van der Waals surface area contributed by atoms with Crippen LogP contribution in [0.15, 0.2) is 35.2 Å². The fourth-order valence-corrected chi connectivity index (χ4v) is 4.35. The summed E-state index contributed by atoms with van der Waals surface area (Å²) in [5.41, 5.74) is 0.615. The molecule has 6 nitrogen and oxygen atoms in total. The van der Waals surface area contributed by atoms with Crippen molar-refractivity contribution < 1.29 is 22.6 Å². The molecular formula is C17H19Cl2NO5S. The van der Waals surface area contributed by atoms with Crippen molar-refractivity contribution in [2.24, 2.45) is 0 Å². The third-order valence-electron chi connectivity index (χ3n) is 3.72. The molecule has 0 aromatic heterocycles. The van der Waals surface area contributed by atoms with Gasteiger partial charge in [-0.3, -0.25) is 0 Å². The van der Waals surface area contributed by atoms with Crippen molar-refractivity contribution >= 4 is 33.2 Å². The lowest BCUT2D eigenvalue weighted by Crippen LogP contribution is -2.26. The third-order valence-corrected chi connectivity index (χ3v) is 5.94. The van der Waals surface area contributed by atoms with Crippen LogP contribution in [0.3, 0.4) is 0 Å². The lowest BCUT2D eigenvalue weighted by molar-refractivity contribution is 0.319. The van der Waals surface area contributed by atoms with Crippen LogP contribution in [-0.2, 0) is 16.6 Å². The molecule has 0 saturated heterocycles. The SMILES string of the molecule is COc1ccc(CN(C)S(=O)(=O)c2cc(Cl)cc(Cl)c2)c(OC)c1OC. The Hall–Kier alpha value is -1.67. The minimum atomic E-state index is -3.81. The molecule has 0 amide bonds. The molecule has 0 radical (unpaired) electrons. The molecule has 9 heteroatoms. The van der Waals surface area contributed by atoms with Crippen LogP contribution in [0.25, 0.3) is 0 Å². The van der Waals surface area contributed by atoms with Crippen LogP contribution in [0, 0.1) is 0 Å². The molecule has 0 aliphatic carbocycles. The van der Waals surface area contributed by atoms with E-state index in [0.29, 0.717) is 22.8 Å². The summed E-state index contributed by atoms with van der Waals surface area (Å²) in [6.45, 7) is 0.0516. The number of sulfonamides is 1. The molecule has 142 valence electrons. The van der Waals surface area contributed by atoms with Crippen molar-refractivity contribution in [2.75, 3.05) is 28.4 Å². The van der Waals surface area contributed by atoms with Crippen LogP contribution in [0.2, 0.25) is 10.0 Å². The third kappa shape index (κ3) is 4.17. The highest BCUT2D eigenvalue weighted by atomic mass is 35.5. The van der Waals surface area contributed by atoms with Crippen LogP contribution >= 0.6 is 23.2 Å². The van der Waals surface area contributed by atoms with Gasteiger partial charge in [0.1, 0.15) is 0 Å². The minimum Gasteiger partial charge on any atom is -0.493 e. The molecule has 0 bridgehead atoms. The van der Waals surface area contributed by atoms with Crippen LogP contribution < -0.4 is 14.2 Å². The quantitative estimate of drug-likeness (QED) is 0.681. The molecule has 0 spiro atoms. The highest BCUT2D eigenvalue weighted by Gasteiger charge is 2.25. The summed E-state index contributed by atoms with van der Waals surface area (Å²) in [5.74, 6) is 1.28.